The Morgan fingerprint density at radius 1 is 1.38 bits per heavy atom. The van der Waals surface area contributed by atoms with E-state index in [9.17, 15) is 0 Å². The van der Waals surface area contributed by atoms with Gasteiger partial charge in [-0.3, -0.25) is 0 Å². The van der Waals surface area contributed by atoms with E-state index in [4.69, 9.17) is 11.6 Å². The largest absolute Gasteiger partial charge is 0.384 e. The van der Waals surface area contributed by atoms with Crippen molar-refractivity contribution < 1.29 is 0 Å². The highest BCUT2D eigenvalue weighted by Crippen LogP contribution is 2.19. The number of nitrogens with one attached hydrogen (secondary N) is 1. The molecule has 1 radical (unpaired) electrons. The number of hydrogen-bond acceptors (Lipinski definition) is 2. The van der Waals surface area contributed by atoms with Crippen LogP contribution in [-0.2, 0) is 0 Å². The zero-order chi connectivity index (χ0) is 11.2. The summed E-state index contributed by atoms with van der Waals surface area (Å²) in [6, 6.07) is 8.61. The molecule has 2 rings (SSSR count). The molecule has 1 saturated heterocycles. The predicted molar refractivity (Wildman–Crippen MR) is 69.1 cm³/mol. The second kappa shape index (κ2) is 6.12. The molecule has 1 N–H and O–H groups in total. The molecule has 0 aliphatic carbocycles. The van der Waals surface area contributed by atoms with E-state index < -0.39 is 0 Å². The zero-order valence-corrected chi connectivity index (χ0v) is 10.3. The number of likely N-dealkylation sites (tertiary alicyclic amines) is 1. The number of halogens is 1. The summed E-state index contributed by atoms with van der Waals surface area (Å²) in [6.07, 6.45) is 3.91. The zero-order valence-electron chi connectivity index (χ0n) is 9.51. The van der Waals surface area contributed by atoms with Crippen molar-refractivity contribution in [1.82, 2.24) is 4.90 Å². The Bertz CT molecular complexity index is 321. The number of rotatable bonds is 5. The predicted octanol–water partition coefficient (Wildman–Crippen LogP) is 3.04. The lowest BCUT2D eigenvalue weighted by Crippen LogP contribution is -2.22. The Kier molecular flexibility index (Phi) is 4.49. The van der Waals surface area contributed by atoms with Gasteiger partial charge in [0.25, 0.3) is 0 Å². The van der Waals surface area contributed by atoms with Crippen LogP contribution in [0.2, 0.25) is 5.02 Å². The summed E-state index contributed by atoms with van der Waals surface area (Å²) in [7, 11) is 0. The summed E-state index contributed by atoms with van der Waals surface area (Å²) in [5.74, 6) is 0. The Hall–Kier alpha value is -0.730. The molecule has 0 spiro atoms. The van der Waals surface area contributed by atoms with Gasteiger partial charge in [-0.1, -0.05) is 17.7 Å². The smallest absolute Gasteiger partial charge is 0.0643 e. The van der Waals surface area contributed by atoms with Crippen molar-refractivity contribution in [2.24, 2.45) is 0 Å². The SMILES string of the molecule is Clc1c[c]ccc1NCCCN1CCCC1. The van der Waals surface area contributed by atoms with E-state index in [1.54, 1.807) is 6.07 Å². The normalized spacial score (nSPS) is 16.6. The Morgan fingerprint density at radius 3 is 2.94 bits per heavy atom. The van der Waals surface area contributed by atoms with Crippen LogP contribution in [0.1, 0.15) is 19.3 Å². The molecule has 87 valence electrons. The lowest BCUT2D eigenvalue weighted by molar-refractivity contribution is 0.337. The molecule has 3 heteroatoms. The lowest BCUT2D eigenvalue weighted by atomic mass is 10.3. The minimum absolute atomic E-state index is 0.753. The van der Waals surface area contributed by atoms with Crippen LogP contribution in [0.4, 0.5) is 5.69 Å². The molecule has 2 nitrogen and oxygen atoms in total. The fourth-order valence-corrected chi connectivity index (χ4v) is 2.28. The van der Waals surface area contributed by atoms with Crippen molar-refractivity contribution in [3.63, 3.8) is 0 Å². The fraction of sp³-hybridized carbons (Fsp3) is 0.538. The van der Waals surface area contributed by atoms with Crippen LogP contribution in [0, 0.1) is 6.07 Å². The highest BCUT2D eigenvalue weighted by molar-refractivity contribution is 6.33. The molecule has 16 heavy (non-hydrogen) atoms. The molecule has 1 aliphatic rings. The molecule has 1 aromatic carbocycles. The molecule has 0 saturated carbocycles. The Labute approximate surface area is 103 Å². The third-order valence-electron chi connectivity index (χ3n) is 2.98. The van der Waals surface area contributed by atoms with E-state index in [0.29, 0.717) is 0 Å². The molecule has 1 fully saturated rings. The average Bonchev–Trinajstić information content (AvgIpc) is 2.79. The maximum absolute atomic E-state index is 6.03. The minimum atomic E-state index is 0.753. The van der Waals surface area contributed by atoms with Crippen molar-refractivity contribution in [1.29, 1.82) is 0 Å². The maximum atomic E-state index is 6.03. The first kappa shape index (κ1) is 11.7. The first-order chi connectivity index (χ1) is 7.86. The van der Waals surface area contributed by atoms with Gasteiger partial charge >= 0.3 is 0 Å². The molecule has 0 aromatic heterocycles. The summed E-state index contributed by atoms with van der Waals surface area (Å²) in [4.78, 5) is 2.53. The maximum Gasteiger partial charge on any atom is 0.0643 e. The van der Waals surface area contributed by atoms with Gasteiger partial charge in [0.15, 0.2) is 0 Å². The van der Waals surface area contributed by atoms with Crippen LogP contribution in [0.15, 0.2) is 18.2 Å². The van der Waals surface area contributed by atoms with Crippen LogP contribution < -0.4 is 5.32 Å². The third-order valence-corrected chi connectivity index (χ3v) is 3.29. The topological polar surface area (TPSA) is 15.3 Å². The van der Waals surface area contributed by atoms with Gasteiger partial charge in [-0.25, -0.2) is 0 Å². The minimum Gasteiger partial charge on any atom is -0.384 e. The summed E-state index contributed by atoms with van der Waals surface area (Å²) in [6.45, 7) is 4.74. The average molecular weight is 238 g/mol. The highest BCUT2D eigenvalue weighted by atomic mass is 35.5. The molecule has 0 unspecified atom stereocenters. The molecule has 1 aliphatic heterocycles. The monoisotopic (exact) mass is 237 g/mol. The summed E-state index contributed by atoms with van der Waals surface area (Å²) in [5, 5.41) is 4.11. The van der Waals surface area contributed by atoms with E-state index >= 15 is 0 Å². The summed E-state index contributed by atoms with van der Waals surface area (Å²) < 4.78 is 0. The summed E-state index contributed by atoms with van der Waals surface area (Å²) in [5.41, 5.74) is 1.02. The van der Waals surface area contributed by atoms with Crippen molar-refractivity contribution in [3.8, 4) is 0 Å². The molecule has 0 bridgehead atoms. The molecule has 0 amide bonds. The third kappa shape index (κ3) is 3.39. The molecule has 0 atom stereocenters. The first-order valence-electron chi connectivity index (χ1n) is 5.98. The van der Waals surface area contributed by atoms with Gasteiger partial charge in [0.1, 0.15) is 0 Å². The van der Waals surface area contributed by atoms with Gasteiger partial charge < -0.3 is 10.2 Å². The van der Waals surface area contributed by atoms with E-state index in [1.165, 1.54) is 38.9 Å². The van der Waals surface area contributed by atoms with Crippen molar-refractivity contribution in [3.05, 3.63) is 29.3 Å². The van der Waals surface area contributed by atoms with E-state index in [2.05, 4.69) is 16.3 Å². The van der Waals surface area contributed by atoms with Gasteiger partial charge in [-0.2, -0.15) is 0 Å². The van der Waals surface area contributed by atoms with Crippen molar-refractivity contribution in [2.45, 2.75) is 19.3 Å². The number of anilines is 1. The second-order valence-electron chi connectivity index (χ2n) is 4.24. The van der Waals surface area contributed by atoms with E-state index in [1.807, 2.05) is 12.1 Å². The van der Waals surface area contributed by atoms with Crippen LogP contribution >= 0.6 is 11.6 Å². The van der Waals surface area contributed by atoms with E-state index in [-0.39, 0.29) is 0 Å². The number of nitrogens with zero attached hydrogens (tertiary/aromatic N) is 1. The fourth-order valence-electron chi connectivity index (χ4n) is 2.09. The van der Waals surface area contributed by atoms with Crippen molar-refractivity contribution in [2.75, 3.05) is 31.5 Å². The van der Waals surface area contributed by atoms with Gasteiger partial charge in [-0.05, 0) is 57.1 Å². The lowest BCUT2D eigenvalue weighted by Gasteiger charge is -2.14. The first-order valence-corrected chi connectivity index (χ1v) is 6.36. The van der Waals surface area contributed by atoms with Gasteiger partial charge in [0.2, 0.25) is 0 Å². The van der Waals surface area contributed by atoms with Gasteiger partial charge in [0.05, 0.1) is 10.7 Å². The molecular weight excluding hydrogens is 220 g/mol. The second-order valence-corrected chi connectivity index (χ2v) is 4.64. The van der Waals surface area contributed by atoms with Gasteiger partial charge in [0, 0.05) is 6.54 Å². The molecule has 1 heterocycles. The molecular formula is C13H18ClN2. The Morgan fingerprint density at radius 2 is 2.19 bits per heavy atom. The van der Waals surface area contributed by atoms with Crippen LogP contribution in [-0.4, -0.2) is 31.1 Å². The van der Waals surface area contributed by atoms with Crippen LogP contribution in [0.25, 0.3) is 0 Å². The van der Waals surface area contributed by atoms with Crippen molar-refractivity contribution >= 4 is 17.3 Å². The summed E-state index contributed by atoms with van der Waals surface area (Å²) >= 11 is 6.03. The van der Waals surface area contributed by atoms with Gasteiger partial charge in [-0.15, -0.1) is 0 Å². The van der Waals surface area contributed by atoms with E-state index in [0.717, 1.165) is 17.3 Å². The van der Waals surface area contributed by atoms with Crippen LogP contribution in [0.5, 0.6) is 0 Å². The standard InChI is InChI=1S/C13H18ClN2/c14-12-6-1-2-7-13(12)15-8-5-11-16-9-3-4-10-16/h2,6-7,15H,3-5,8-11H2. The number of hydrogen-bond donors (Lipinski definition) is 1. The quantitative estimate of drug-likeness (QED) is 0.792. The molecule has 1 aromatic rings. The highest BCUT2D eigenvalue weighted by Gasteiger charge is 2.09. The van der Waals surface area contributed by atoms with Crippen LogP contribution in [0.3, 0.4) is 0 Å². The Balaban J connectivity index is 1.66. The number of benzene rings is 1.